The van der Waals surface area contributed by atoms with Crippen LogP contribution in [0.2, 0.25) is 0 Å². The molecule has 16 atom stereocenters. The van der Waals surface area contributed by atoms with Gasteiger partial charge < -0.3 is 73.6 Å². The number of aliphatic hydroxyl groups is 7. The van der Waals surface area contributed by atoms with E-state index in [9.17, 15) is 54.9 Å². The van der Waals surface area contributed by atoms with Gasteiger partial charge in [0.25, 0.3) is 0 Å². The molecular weight excluding hydrogens is 1370 g/mol. The number of ether oxygens (including phenoxy) is 4. The minimum atomic E-state index is -5.53. The topological polar surface area (TPSA) is 268 Å². The van der Waals surface area contributed by atoms with Crippen LogP contribution in [0.4, 0.5) is 0 Å². The molecule has 107 heavy (non-hydrogen) atoms. The Morgan fingerprint density at radius 3 is 0.832 bits per heavy atom. The summed E-state index contributed by atoms with van der Waals surface area (Å²) in [5.41, 5.74) is 0. The monoisotopic (exact) mass is 1540 g/mol. The molecule has 2 heterocycles. The first-order valence-electron chi connectivity index (χ1n) is 46.7. The molecule has 4 fully saturated rings. The van der Waals surface area contributed by atoms with Gasteiger partial charge in [0.05, 0.1) is 26.5 Å². The average molecular weight is 1540 g/mol. The summed E-state index contributed by atoms with van der Waals surface area (Å²) in [5, 5.41) is 75.6. The highest BCUT2D eigenvalue weighted by atomic mass is 31.2. The van der Waals surface area contributed by atoms with Gasteiger partial charge in [-0.1, -0.05) is 431 Å². The first-order chi connectivity index (χ1) is 52.1. The SMILES string of the molecule is CCCCCCCCCCCCCCCCCCCCCCCCCCC(C(=O)OC[C@H]1O[C@H](O[C@H]2O[C@H](COP(=O)([O-])[O-])[C@@H](O)[C@H](O)[C@H]2O)[C@H](O)[C@@H](O)[C@@H]1O)[C@H](O)CCCCCCCCCCCCCCCC1CC1CCCCCCCCCCC1CC1CCCCCCCCCCCCCCCCCC. The van der Waals surface area contributed by atoms with E-state index in [1.165, 1.54) is 372 Å². The van der Waals surface area contributed by atoms with E-state index in [-0.39, 0.29) is 0 Å². The van der Waals surface area contributed by atoms with E-state index in [0.717, 1.165) is 75.0 Å². The van der Waals surface area contributed by atoms with Gasteiger partial charge in [0.15, 0.2) is 12.6 Å². The van der Waals surface area contributed by atoms with Crippen LogP contribution in [0.1, 0.15) is 457 Å². The van der Waals surface area contributed by atoms with Gasteiger partial charge in [-0.15, -0.1) is 0 Å². The molecule has 2 aliphatic carbocycles. The van der Waals surface area contributed by atoms with Crippen molar-refractivity contribution >= 4 is 13.8 Å². The minimum absolute atomic E-state index is 0.408. The zero-order chi connectivity index (χ0) is 77.1. The minimum Gasteiger partial charge on any atom is -0.790 e. The molecule has 2 aliphatic heterocycles. The summed E-state index contributed by atoms with van der Waals surface area (Å²) in [6, 6.07) is 0. The first-order valence-corrected chi connectivity index (χ1v) is 48.2. The second-order valence-electron chi connectivity index (χ2n) is 34.8. The van der Waals surface area contributed by atoms with Crippen LogP contribution in [-0.2, 0) is 32.8 Å². The molecular formula is C90H171O16P-2. The van der Waals surface area contributed by atoms with Crippen molar-refractivity contribution in [1.29, 1.82) is 0 Å². The van der Waals surface area contributed by atoms with E-state index in [4.69, 9.17) is 18.9 Å². The predicted octanol–water partition coefficient (Wildman–Crippen LogP) is 21.4. The molecule has 7 N–H and O–H groups in total. The molecule has 634 valence electrons. The first kappa shape index (κ1) is 98.5. The third-order valence-corrected chi connectivity index (χ3v) is 25.5. The summed E-state index contributed by atoms with van der Waals surface area (Å²) in [4.78, 5) is 36.1. The molecule has 0 radical (unpaired) electrons. The number of hydrogen-bond donors (Lipinski definition) is 7. The van der Waals surface area contributed by atoms with Crippen molar-refractivity contribution in [2.45, 2.75) is 524 Å². The summed E-state index contributed by atoms with van der Waals surface area (Å²) < 4.78 is 37.7. The number of phosphoric ester groups is 1. The molecule has 17 heteroatoms. The smallest absolute Gasteiger partial charge is 0.311 e. The molecule has 2 saturated heterocycles. The van der Waals surface area contributed by atoms with Crippen molar-refractivity contribution in [3.63, 3.8) is 0 Å². The zero-order valence-electron chi connectivity index (χ0n) is 69.2. The number of esters is 1. The van der Waals surface area contributed by atoms with Gasteiger partial charge in [-0.05, 0) is 49.4 Å². The molecule has 0 aromatic carbocycles. The highest BCUT2D eigenvalue weighted by Crippen LogP contribution is 2.47. The van der Waals surface area contributed by atoms with Gasteiger partial charge >= 0.3 is 5.97 Å². The Morgan fingerprint density at radius 2 is 0.570 bits per heavy atom. The third-order valence-electron chi connectivity index (χ3n) is 25.1. The average Bonchev–Trinajstić information content (AvgIpc) is 1.64. The Balaban J connectivity index is 0.978. The summed E-state index contributed by atoms with van der Waals surface area (Å²) in [7, 11) is -5.53. The third kappa shape index (κ3) is 50.3. The number of aliphatic hydroxyl groups excluding tert-OH is 7. The van der Waals surface area contributed by atoms with Gasteiger partial charge in [0.1, 0.15) is 55.4 Å². The molecule has 0 spiro atoms. The van der Waals surface area contributed by atoms with Crippen LogP contribution in [0.3, 0.4) is 0 Å². The van der Waals surface area contributed by atoms with Crippen LogP contribution in [0, 0.1) is 29.6 Å². The van der Waals surface area contributed by atoms with Crippen molar-refractivity contribution in [1.82, 2.24) is 0 Å². The van der Waals surface area contributed by atoms with Gasteiger partial charge in [-0.25, -0.2) is 0 Å². The molecule has 2 saturated carbocycles. The van der Waals surface area contributed by atoms with Crippen LogP contribution in [0.25, 0.3) is 0 Å². The second-order valence-corrected chi connectivity index (χ2v) is 36.0. The molecule has 0 bridgehead atoms. The Kier molecular flexibility index (Phi) is 60.2. The quantitative estimate of drug-likeness (QED) is 0.0169. The Labute approximate surface area is 656 Å². The van der Waals surface area contributed by atoms with Gasteiger partial charge in [-0.3, -0.25) is 4.79 Å². The second kappa shape index (κ2) is 65.3. The zero-order valence-corrected chi connectivity index (χ0v) is 70.1. The normalized spacial score (nSPS) is 25.0. The molecule has 16 nitrogen and oxygen atoms in total. The highest BCUT2D eigenvalue weighted by molar-refractivity contribution is 7.43. The summed E-state index contributed by atoms with van der Waals surface area (Å²) >= 11 is 0. The molecule has 0 aromatic heterocycles. The maximum atomic E-state index is 13.9. The number of unbranched alkanes of at least 4 members (excludes halogenated alkanes) is 57. The van der Waals surface area contributed by atoms with Gasteiger partial charge in [0.2, 0.25) is 0 Å². The number of rotatable bonds is 78. The summed E-state index contributed by atoms with van der Waals surface area (Å²) in [6.07, 6.45) is 72.3. The van der Waals surface area contributed by atoms with E-state index in [2.05, 4.69) is 18.4 Å². The highest BCUT2D eigenvalue weighted by Gasteiger charge is 2.50. The fourth-order valence-electron chi connectivity index (χ4n) is 17.5. The van der Waals surface area contributed by atoms with E-state index in [0.29, 0.717) is 12.8 Å². The van der Waals surface area contributed by atoms with E-state index in [1.807, 2.05) is 0 Å². The molecule has 0 aromatic rings. The number of carbonyl (C=O) groups is 1. The Hall–Kier alpha value is -0.820. The Bertz CT molecular complexity index is 2050. The van der Waals surface area contributed by atoms with Crippen LogP contribution in [-0.4, -0.2) is 122 Å². The molecule has 5 unspecified atom stereocenters. The summed E-state index contributed by atoms with van der Waals surface area (Å²) in [5.74, 6) is 2.71. The fourth-order valence-corrected chi connectivity index (χ4v) is 17.8. The van der Waals surface area contributed by atoms with Gasteiger partial charge in [-0.2, -0.15) is 0 Å². The van der Waals surface area contributed by atoms with Crippen LogP contribution < -0.4 is 9.79 Å². The lowest BCUT2D eigenvalue weighted by Crippen LogP contribution is -2.64. The van der Waals surface area contributed by atoms with Crippen molar-refractivity contribution in [2.24, 2.45) is 29.6 Å². The van der Waals surface area contributed by atoms with Gasteiger partial charge in [0, 0.05) is 0 Å². The lowest BCUT2D eigenvalue weighted by atomic mass is 9.91. The largest absolute Gasteiger partial charge is 0.790 e. The van der Waals surface area contributed by atoms with E-state index >= 15 is 0 Å². The lowest BCUT2D eigenvalue weighted by Gasteiger charge is -2.45. The maximum absolute atomic E-state index is 13.9. The number of hydrogen-bond acceptors (Lipinski definition) is 16. The van der Waals surface area contributed by atoms with Crippen LogP contribution in [0.5, 0.6) is 0 Å². The molecule has 4 rings (SSSR count). The molecule has 4 aliphatic rings. The standard InChI is InChI=1S/C90H173O16P/c1-3-5-7-9-11-13-15-17-19-21-22-23-24-25-26-27-28-30-34-38-42-50-56-62-68-78(88(98)102-72-80-82(92)84(94)86(96)89(104-80)106-90-87(97)85(95)83(93)81(105-90)73-103-107(99,100)101)79(91)69-63-57-51-43-39-35-31-33-37-41-47-53-59-65-75-71-77(75)67-61-55-49-45-44-48-54-60-66-76-70-74(76)64-58-52-46-40-36-32-29-20-18-16-14-12-10-8-6-4-2/h74-87,89-97H,3-73H2,1-2H3,(H2,99,100,101)/p-2/t74?,75?,76?,77?,78?,79-,80-,81-,82-,83-,84+,85+,86-,87-,89-,90-/m1/s1. The van der Waals surface area contributed by atoms with Crippen LogP contribution >= 0.6 is 7.82 Å². The predicted molar refractivity (Wildman–Crippen MR) is 432 cm³/mol. The van der Waals surface area contributed by atoms with Crippen LogP contribution in [0.15, 0.2) is 0 Å². The van der Waals surface area contributed by atoms with E-state index < -0.39 is 100 Å². The van der Waals surface area contributed by atoms with Crippen molar-refractivity contribution in [3.8, 4) is 0 Å². The number of carbonyl (C=O) groups excluding carboxylic acids is 1. The summed E-state index contributed by atoms with van der Waals surface area (Å²) in [6.45, 7) is 2.96. The van der Waals surface area contributed by atoms with Crippen molar-refractivity contribution in [3.05, 3.63) is 0 Å². The van der Waals surface area contributed by atoms with Crippen molar-refractivity contribution in [2.75, 3.05) is 13.2 Å². The van der Waals surface area contributed by atoms with Crippen molar-refractivity contribution < 1.29 is 78.4 Å². The lowest BCUT2D eigenvalue weighted by molar-refractivity contribution is -0.379. The maximum Gasteiger partial charge on any atom is 0.311 e. The fraction of sp³-hybridized carbons (Fsp3) is 0.989. The Morgan fingerprint density at radius 1 is 0.336 bits per heavy atom. The van der Waals surface area contributed by atoms with E-state index in [1.54, 1.807) is 6.42 Å². The number of phosphoric acid groups is 1. The molecule has 0 amide bonds.